The molecule has 10 nitrogen and oxygen atoms in total. The van der Waals surface area contributed by atoms with E-state index >= 15 is 0 Å². The van der Waals surface area contributed by atoms with E-state index in [1.807, 2.05) is 55.5 Å². The number of halogens is 2. The van der Waals surface area contributed by atoms with Crippen LogP contribution in [0.3, 0.4) is 0 Å². The van der Waals surface area contributed by atoms with Gasteiger partial charge in [0.25, 0.3) is 0 Å². The lowest BCUT2D eigenvalue weighted by atomic mass is 10.0. The van der Waals surface area contributed by atoms with E-state index in [-0.39, 0.29) is 64.3 Å². The average molecular weight is 675 g/mol. The van der Waals surface area contributed by atoms with Crippen LogP contribution >= 0.6 is 23.2 Å². The number of hydrogen-bond donors (Lipinski definition) is 1. The Balaban J connectivity index is 1.59. The van der Waals surface area contributed by atoms with Gasteiger partial charge in [-0.1, -0.05) is 79.2 Å². The molecule has 0 bridgehead atoms. The molecular weight excluding hydrogens is 641 g/mol. The van der Waals surface area contributed by atoms with Gasteiger partial charge in [-0.05, 0) is 28.8 Å². The first-order chi connectivity index (χ1) is 22.7. The van der Waals surface area contributed by atoms with Crippen LogP contribution in [0.5, 0.6) is 11.5 Å². The first-order valence-electron chi connectivity index (χ1n) is 14.8. The molecule has 0 spiro atoms. The fourth-order valence-corrected chi connectivity index (χ4v) is 5.96. The van der Waals surface area contributed by atoms with E-state index < -0.39 is 6.03 Å². The number of nitrogens with zero attached hydrogens (tertiary/aromatic N) is 4. The van der Waals surface area contributed by atoms with Gasteiger partial charge in [0.05, 0.1) is 33.0 Å². The van der Waals surface area contributed by atoms with E-state index in [9.17, 15) is 14.4 Å². The number of anilines is 4. The van der Waals surface area contributed by atoms with Crippen LogP contribution < -0.4 is 24.6 Å². The van der Waals surface area contributed by atoms with Gasteiger partial charge in [-0.3, -0.25) is 19.4 Å². The van der Waals surface area contributed by atoms with E-state index in [0.717, 1.165) is 16.7 Å². The molecule has 0 fully saturated rings. The van der Waals surface area contributed by atoms with Gasteiger partial charge in [0.1, 0.15) is 33.1 Å². The fraction of sp³-hybridized carbons (Fsp3) is 0.229. The van der Waals surface area contributed by atoms with Crippen molar-refractivity contribution in [2.75, 3.05) is 29.3 Å². The molecule has 2 amide bonds. The van der Waals surface area contributed by atoms with E-state index in [1.54, 1.807) is 12.3 Å². The molecule has 3 aromatic carbocycles. The summed E-state index contributed by atoms with van der Waals surface area (Å²) in [5.41, 5.74) is 3.86. The van der Waals surface area contributed by atoms with E-state index in [0.29, 0.717) is 29.9 Å². The number of hydrogen-bond acceptors (Lipinski definition) is 8. The molecule has 4 aromatic rings. The highest BCUT2D eigenvalue weighted by atomic mass is 35.5. The van der Waals surface area contributed by atoms with Crippen LogP contribution in [0.4, 0.5) is 27.9 Å². The Morgan fingerprint density at radius 2 is 1.70 bits per heavy atom. The van der Waals surface area contributed by atoms with Gasteiger partial charge in [-0.2, -0.15) is 4.98 Å². The van der Waals surface area contributed by atoms with Crippen molar-refractivity contribution >= 4 is 63.9 Å². The zero-order valence-electron chi connectivity index (χ0n) is 26.2. The molecule has 0 radical (unpaired) electrons. The zero-order chi connectivity index (χ0) is 33.7. The summed E-state index contributed by atoms with van der Waals surface area (Å²) < 4.78 is 10.9. The summed E-state index contributed by atoms with van der Waals surface area (Å²) in [4.78, 5) is 51.1. The Hall–Kier alpha value is -4.93. The number of amides is 2. The minimum atomic E-state index is -0.451. The number of ether oxygens (including phenoxy) is 2. The third-order valence-corrected chi connectivity index (χ3v) is 8.42. The number of fused-ring (bicyclic) bond motifs is 1. The van der Waals surface area contributed by atoms with Gasteiger partial charge in [0.15, 0.2) is 5.78 Å². The monoisotopic (exact) mass is 673 g/mol. The predicted octanol–water partition coefficient (Wildman–Crippen LogP) is 7.51. The van der Waals surface area contributed by atoms with Crippen molar-refractivity contribution in [2.24, 2.45) is 0 Å². The van der Waals surface area contributed by atoms with Crippen molar-refractivity contribution < 1.29 is 23.9 Å². The zero-order valence-corrected chi connectivity index (χ0v) is 27.7. The van der Waals surface area contributed by atoms with Crippen LogP contribution in [0.25, 0.3) is 0 Å². The topological polar surface area (TPSA) is 114 Å². The second-order valence-corrected chi connectivity index (χ2v) is 11.5. The van der Waals surface area contributed by atoms with E-state index in [4.69, 9.17) is 37.7 Å². The molecule has 0 unspecified atom stereocenters. The Labute approximate surface area is 282 Å². The van der Waals surface area contributed by atoms with E-state index in [2.05, 4.69) is 16.9 Å². The van der Waals surface area contributed by atoms with Crippen molar-refractivity contribution in [3.8, 4) is 11.5 Å². The number of rotatable bonds is 13. The quantitative estimate of drug-likeness (QED) is 0.145. The smallest absolute Gasteiger partial charge is 0.330 e. The standard InChI is InChI=1S/C35H33Cl2N5O5/c1-5-25(43)15-21-10-9-11-22(14-21)19-42-33-24(18-38-34(40-33)39-27-13-8-7-12-23(27)16-26(44)6-2)20-41(35(42)45)32-30(36)28(46-3)17-29(47-4)31(32)37/h6-14,17-18H,2,5,15-16,19-20H2,1,3-4H3,(H,38,39,40). The van der Waals surface area contributed by atoms with Gasteiger partial charge >= 0.3 is 6.03 Å². The highest BCUT2D eigenvalue weighted by Gasteiger charge is 2.37. The van der Waals surface area contributed by atoms with Crippen LogP contribution in [-0.4, -0.2) is 41.8 Å². The summed E-state index contributed by atoms with van der Waals surface area (Å²) >= 11 is 13.5. The first-order valence-corrected chi connectivity index (χ1v) is 15.6. The molecule has 0 atom stereocenters. The maximum Gasteiger partial charge on any atom is 0.330 e. The number of aromatic nitrogens is 2. The number of carbonyl (C=O) groups excluding carboxylic acids is 3. The number of nitrogens with one attached hydrogen (secondary N) is 1. The lowest BCUT2D eigenvalue weighted by molar-refractivity contribution is -0.118. The molecule has 0 saturated carbocycles. The summed E-state index contributed by atoms with van der Waals surface area (Å²) in [6, 6.07) is 16.0. The maximum atomic E-state index is 14.5. The van der Waals surface area contributed by atoms with Gasteiger partial charge in [-0.15, -0.1) is 0 Å². The molecule has 1 aliphatic heterocycles. The Bertz CT molecular complexity index is 1840. The number of ketones is 2. The molecule has 2 heterocycles. The third-order valence-electron chi connectivity index (χ3n) is 7.69. The van der Waals surface area contributed by atoms with Crippen LogP contribution in [0.15, 0.2) is 73.4 Å². The number of benzene rings is 3. The Kier molecular flexibility index (Phi) is 10.4. The number of carbonyl (C=O) groups is 3. The first kappa shape index (κ1) is 33.4. The SMILES string of the molecule is C=CC(=O)Cc1ccccc1Nc1ncc2c(n1)N(Cc1cccc(CC(=O)CC)c1)C(=O)N(c1c(Cl)c(OC)cc(OC)c1Cl)C2. The molecule has 242 valence electrons. The van der Waals surface area contributed by atoms with E-state index in [1.165, 1.54) is 30.1 Å². The molecule has 5 rings (SSSR count). The second kappa shape index (κ2) is 14.7. The lowest BCUT2D eigenvalue weighted by Crippen LogP contribution is -2.48. The summed E-state index contributed by atoms with van der Waals surface area (Å²) in [6.07, 6.45) is 3.79. The average Bonchev–Trinajstić information content (AvgIpc) is 3.07. The van der Waals surface area contributed by atoms with Gasteiger partial charge < -0.3 is 14.8 Å². The fourth-order valence-electron chi connectivity index (χ4n) is 5.25. The van der Waals surface area contributed by atoms with Crippen molar-refractivity contribution in [1.29, 1.82) is 0 Å². The van der Waals surface area contributed by atoms with Crippen LogP contribution in [0.1, 0.15) is 35.6 Å². The molecule has 12 heteroatoms. The molecular formula is C35H33Cl2N5O5. The molecule has 0 saturated heterocycles. The number of Topliss-reactive ketones (excluding diaryl/α,β-unsaturated/α-hetero) is 1. The highest BCUT2D eigenvalue weighted by Crippen LogP contribution is 2.48. The van der Waals surface area contributed by atoms with Gasteiger partial charge in [-0.25, -0.2) is 9.78 Å². The second-order valence-electron chi connectivity index (χ2n) is 10.8. The highest BCUT2D eigenvalue weighted by molar-refractivity contribution is 6.42. The van der Waals surface area contributed by atoms with Crippen LogP contribution in [-0.2, 0) is 35.5 Å². The van der Waals surface area contributed by atoms with Gasteiger partial charge in [0, 0.05) is 42.8 Å². The summed E-state index contributed by atoms with van der Waals surface area (Å²) in [6.45, 7) is 5.57. The van der Waals surface area contributed by atoms with Crippen molar-refractivity contribution in [3.05, 3.63) is 106 Å². The van der Waals surface area contributed by atoms with Crippen molar-refractivity contribution in [3.63, 3.8) is 0 Å². The Morgan fingerprint density at radius 1 is 1.00 bits per heavy atom. The molecule has 47 heavy (non-hydrogen) atoms. The number of urea groups is 1. The lowest BCUT2D eigenvalue weighted by Gasteiger charge is -2.37. The van der Waals surface area contributed by atoms with Gasteiger partial charge in [0.2, 0.25) is 5.95 Å². The largest absolute Gasteiger partial charge is 0.495 e. The predicted molar refractivity (Wildman–Crippen MR) is 183 cm³/mol. The minimum Gasteiger partial charge on any atom is -0.495 e. The van der Waals surface area contributed by atoms with Crippen molar-refractivity contribution in [1.82, 2.24) is 9.97 Å². The maximum absolute atomic E-state index is 14.5. The van der Waals surface area contributed by atoms with Crippen LogP contribution in [0, 0.1) is 0 Å². The summed E-state index contributed by atoms with van der Waals surface area (Å²) in [5, 5.41) is 3.48. The number of methoxy groups -OCH3 is 2. The number of para-hydroxylation sites is 1. The number of allylic oxidation sites excluding steroid dienone is 1. The minimum absolute atomic E-state index is 0.0518. The third kappa shape index (κ3) is 7.24. The summed E-state index contributed by atoms with van der Waals surface area (Å²) in [7, 11) is 2.92. The molecule has 0 aliphatic carbocycles. The van der Waals surface area contributed by atoms with Crippen LogP contribution in [0.2, 0.25) is 10.0 Å². The summed E-state index contributed by atoms with van der Waals surface area (Å²) in [5.74, 6) is 1.16. The Morgan fingerprint density at radius 3 is 2.38 bits per heavy atom. The normalized spacial score (nSPS) is 12.4. The molecule has 1 aromatic heterocycles. The molecule has 1 aliphatic rings. The van der Waals surface area contributed by atoms with Crippen molar-refractivity contribution in [2.45, 2.75) is 39.3 Å². The molecule has 1 N–H and O–H groups in total.